The molecule has 2 nitrogen and oxygen atoms in total. The molecular formula is C15H24F2N2. The molecule has 19 heavy (non-hydrogen) atoms. The Morgan fingerprint density at radius 2 is 1.74 bits per heavy atom. The quantitative estimate of drug-likeness (QED) is 0.819. The first-order valence-electron chi connectivity index (χ1n) is 6.71. The molecule has 0 amide bonds. The van der Waals surface area contributed by atoms with E-state index in [0.29, 0.717) is 12.0 Å². The first-order chi connectivity index (χ1) is 8.91. The van der Waals surface area contributed by atoms with Gasteiger partial charge in [-0.1, -0.05) is 19.9 Å². The van der Waals surface area contributed by atoms with E-state index in [4.69, 9.17) is 0 Å². The Morgan fingerprint density at radius 3 is 2.21 bits per heavy atom. The van der Waals surface area contributed by atoms with Crippen LogP contribution in [0.2, 0.25) is 0 Å². The van der Waals surface area contributed by atoms with Gasteiger partial charge in [0.2, 0.25) is 0 Å². The summed E-state index contributed by atoms with van der Waals surface area (Å²) < 4.78 is 26.9. The molecular weight excluding hydrogens is 246 g/mol. The number of benzene rings is 1. The summed E-state index contributed by atoms with van der Waals surface area (Å²) in [5.74, 6) is -0.380. The van der Waals surface area contributed by atoms with Crippen LogP contribution in [0.4, 0.5) is 8.78 Å². The molecule has 1 atom stereocenters. The molecule has 0 unspecified atom stereocenters. The van der Waals surface area contributed by atoms with Crippen LogP contribution in [0, 0.1) is 17.6 Å². The summed E-state index contributed by atoms with van der Waals surface area (Å²) in [6.07, 6.45) is 1.06. The molecule has 0 fully saturated rings. The van der Waals surface area contributed by atoms with Crippen LogP contribution < -0.4 is 5.32 Å². The zero-order valence-electron chi connectivity index (χ0n) is 12.2. The number of hydrogen-bond acceptors (Lipinski definition) is 2. The Balaban J connectivity index is 2.52. The molecule has 0 bridgehead atoms. The van der Waals surface area contributed by atoms with Gasteiger partial charge >= 0.3 is 0 Å². The van der Waals surface area contributed by atoms with Crippen molar-refractivity contribution in [2.45, 2.75) is 32.9 Å². The van der Waals surface area contributed by atoms with Gasteiger partial charge in [-0.3, -0.25) is 0 Å². The highest BCUT2D eigenvalue weighted by Gasteiger charge is 2.14. The Kier molecular flexibility index (Phi) is 6.38. The minimum atomic E-state index is -0.488. The zero-order valence-corrected chi connectivity index (χ0v) is 12.2. The van der Waals surface area contributed by atoms with Gasteiger partial charge in [0, 0.05) is 24.7 Å². The smallest absolute Gasteiger partial charge is 0.130 e. The number of hydrogen-bond donors (Lipinski definition) is 1. The van der Waals surface area contributed by atoms with Crippen molar-refractivity contribution in [3.63, 3.8) is 0 Å². The highest BCUT2D eigenvalue weighted by Crippen LogP contribution is 2.12. The standard InChI is InChI=1S/C15H24F2N2/c1-11(2)8-12(19(3)4)9-18-10-13-14(16)6-5-7-15(13)17/h5-7,11-12,18H,8-10H2,1-4H3/t12-/m0/s1. The molecule has 0 aliphatic heterocycles. The van der Waals surface area contributed by atoms with Crippen molar-refractivity contribution in [1.29, 1.82) is 0 Å². The predicted molar refractivity (Wildman–Crippen MR) is 75.0 cm³/mol. The number of nitrogens with one attached hydrogen (secondary N) is 1. The third-order valence-corrected chi connectivity index (χ3v) is 3.22. The molecule has 108 valence electrons. The minimum absolute atomic E-state index is 0.115. The van der Waals surface area contributed by atoms with Gasteiger partial charge in [-0.2, -0.15) is 0 Å². The van der Waals surface area contributed by atoms with E-state index in [1.807, 2.05) is 14.1 Å². The lowest BCUT2D eigenvalue weighted by atomic mass is 10.0. The highest BCUT2D eigenvalue weighted by atomic mass is 19.1. The summed E-state index contributed by atoms with van der Waals surface area (Å²) in [4.78, 5) is 2.14. The third-order valence-electron chi connectivity index (χ3n) is 3.22. The molecule has 0 aromatic heterocycles. The van der Waals surface area contributed by atoms with Crippen LogP contribution in [0.25, 0.3) is 0 Å². The average molecular weight is 270 g/mol. The van der Waals surface area contributed by atoms with Crippen molar-refractivity contribution in [3.05, 3.63) is 35.4 Å². The molecule has 0 saturated carbocycles. The van der Waals surface area contributed by atoms with Crippen LogP contribution in [0.1, 0.15) is 25.8 Å². The van der Waals surface area contributed by atoms with E-state index in [-0.39, 0.29) is 12.1 Å². The van der Waals surface area contributed by atoms with E-state index >= 15 is 0 Å². The predicted octanol–water partition coefficient (Wildman–Crippen LogP) is 3.03. The summed E-state index contributed by atoms with van der Waals surface area (Å²) in [5, 5.41) is 3.15. The number of likely N-dealkylation sites (N-methyl/N-ethyl adjacent to an activating group) is 1. The molecule has 0 aliphatic carbocycles. The van der Waals surface area contributed by atoms with Gasteiger partial charge in [0.25, 0.3) is 0 Å². The average Bonchev–Trinajstić information content (AvgIpc) is 2.30. The van der Waals surface area contributed by atoms with Crippen molar-refractivity contribution in [3.8, 4) is 0 Å². The van der Waals surface area contributed by atoms with Crippen LogP contribution >= 0.6 is 0 Å². The molecule has 0 radical (unpaired) electrons. The Morgan fingerprint density at radius 1 is 1.16 bits per heavy atom. The number of halogens is 2. The summed E-state index contributed by atoms with van der Waals surface area (Å²) in [5.41, 5.74) is 0.115. The summed E-state index contributed by atoms with van der Waals surface area (Å²) >= 11 is 0. The van der Waals surface area contributed by atoms with Crippen molar-refractivity contribution in [2.24, 2.45) is 5.92 Å². The van der Waals surface area contributed by atoms with Crippen LogP contribution in [-0.4, -0.2) is 31.6 Å². The summed E-state index contributed by atoms with van der Waals surface area (Å²) in [7, 11) is 4.05. The first kappa shape index (κ1) is 16.1. The van der Waals surface area contributed by atoms with Crippen LogP contribution in [-0.2, 0) is 6.54 Å². The van der Waals surface area contributed by atoms with Gasteiger partial charge in [-0.15, -0.1) is 0 Å². The SMILES string of the molecule is CC(C)C[C@@H](CNCc1c(F)cccc1F)N(C)C. The van der Waals surface area contributed by atoms with Crippen LogP contribution in [0.3, 0.4) is 0 Å². The van der Waals surface area contributed by atoms with Crippen molar-refractivity contribution in [1.82, 2.24) is 10.2 Å². The van der Waals surface area contributed by atoms with Gasteiger partial charge in [-0.25, -0.2) is 8.78 Å². The van der Waals surface area contributed by atoms with Crippen LogP contribution in [0.5, 0.6) is 0 Å². The fourth-order valence-electron chi connectivity index (χ4n) is 2.09. The zero-order chi connectivity index (χ0) is 14.4. The second kappa shape index (κ2) is 7.56. The van der Waals surface area contributed by atoms with E-state index in [1.165, 1.54) is 18.2 Å². The number of nitrogens with zero attached hydrogens (tertiary/aromatic N) is 1. The highest BCUT2D eigenvalue weighted by molar-refractivity contribution is 5.19. The topological polar surface area (TPSA) is 15.3 Å². The molecule has 4 heteroatoms. The van der Waals surface area contributed by atoms with Crippen molar-refractivity contribution < 1.29 is 8.78 Å². The summed E-state index contributed by atoms with van der Waals surface area (Å²) in [6, 6.07) is 4.33. The first-order valence-corrected chi connectivity index (χ1v) is 6.71. The molecule has 1 rings (SSSR count). The minimum Gasteiger partial charge on any atom is -0.311 e. The second-order valence-electron chi connectivity index (χ2n) is 5.58. The molecule has 1 N–H and O–H groups in total. The van der Waals surface area contributed by atoms with Gasteiger partial charge < -0.3 is 10.2 Å². The molecule has 0 spiro atoms. The lowest BCUT2D eigenvalue weighted by Gasteiger charge is -2.26. The van der Waals surface area contributed by atoms with Gasteiger partial charge in [-0.05, 0) is 38.6 Å². The lowest BCUT2D eigenvalue weighted by molar-refractivity contribution is 0.246. The Bertz CT molecular complexity index is 371. The molecule has 0 heterocycles. The molecule has 1 aromatic rings. The van der Waals surface area contributed by atoms with Crippen LogP contribution in [0.15, 0.2) is 18.2 Å². The lowest BCUT2D eigenvalue weighted by Crippen LogP contribution is -2.38. The fraction of sp³-hybridized carbons (Fsp3) is 0.600. The van der Waals surface area contributed by atoms with Gasteiger partial charge in [0.05, 0.1) is 0 Å². The van der Waals surface area contributed by atoms with Crippen molar-refractivity contribution >= 4 is 0 Å². The monoisotopic (exact) mass is 270 g/mol. The van der Waals surface area contributed by atoms with E-state index in [1.54, 1.807) is 0 Å². The largest absolute Gasteiger partial charge is 0.311 e. The normalized spacial score (nSPS) is 13.3. The Labute approximate surface area is 114 Å². The molecule has 0 aliphatic rings. The molecule has 1 aromatic carbocycles. The fourth-order valence-corrected chi connectivity index (χ4v) is 2.09. The number of rotatable bonds is 7. The third kappa shape index (κ3) is 5.25. The maximum absolute atomic E-state index is 13.5. The van der Waals surface area contributed by atoms with Crippen molar-refractivity contribution in [2.75, 3.05) is 20.6 Å². The second-order valence-corrected chi connectivity index (χ2v) is 5.58. The van der Waals surface area contributed by atoms with E-state index in [9.17, 15) is 8.78 Å². The maximum atomic E-state index is 13.5. The van der Waals surface area contributed by atoms with E-state index in [0.717, 1.165) is 13.0 Å². The van der Waals surface area contributed by atoms with E-state index in [2.05, 4.69) is 24.1 Å². The van der Waals surface area contributed by atoms with E-state index < -0.39 is 11.6 Å². The van der Waals surface area contributed by atoms with Gasteiger partial charge in [0.15, 0.2) is 0 Å². The maximum Gasteiger partial charge on any atom is 0.130 e. The summed E-state index contributed by atoms with van der Waals surface area (Å²) in [6.45, 7) is 5.29. The Hall–Kier alpha value is -1.00. The molecule has 0 saturated heterocycles. The van der Waals surface area contributed by atoms with Gasteiger partial charge in [0.1, 0.15) is 11.6 Å².